The Morgan fingerprint density at radius 2 is 1.88 bits per heavy atom. The Labute approximate surface area is 138 Å². The minimum absolute atomic E-state index is 0.0688. The molecule has 1 aromatic carbocycles. The molecule has 0 aliphatic carbocycles. The van der Waals surface area contributed by atoms with E-state index in [4.69, 9.17) is 0 Å². The van der Waals surface area contributed by atoms with E-state index in [-0.39, 0.29) is 16.9 Å². The topological polar surface area (TPSA) is 62.0 Å². The number of rotatable bonds is 5. The van der Waals surface area contributed by atoms with Gasteiger partial charge in [0.15, 0.2) is 11.6 Å². The van der Waals surface area contributed by atoms with E-state index < -0.39 is 17.4 Å². The number of hydrogen-bond acceptors (Lipinski definition) is 3. The number of Topliss-reactive ketones (excluding diaryl/α,β-unsaturated/α-hetero) is 1. The van der Waals surface area contributed by atoms with E-state index in [1.165, 1.54) is 12.3 Å². The van der Waals surface area contributed by atoms with Crippen LogP contribution in [0, 0.1) is 17.6 Å². The lowest BCUT2D eigenvalue weighted by Crippen LogP contribution is -2.28. The van der Waals surface area contributed by atoms with Crippen molar-refractivity contribution in [3.8, 4) is 0 Å². The van der Waals surface area contributed by atoms with Gasteiger partial charge >= 0.3 is 0 Å². The van der Waals surface area contributed by atoms with Crippen LogP contribution in [0.4, 0.5) is 8.78 Å². The smallest absolute Gasteiger partial charge is 0.197 e. The first-order chi connectivity index (χ1) is 11.5. The van der Waals surface area contributed by atoms with Gasteiger partial charge in [-0.2, -0.15) is 0 Å². The minimum Gasteiger partial charge on any atom is -0.358 e. The molecule has 0 unspecified atom stereocenters. The summed E-state index contributed by atoms with van der Waals surface area (Å²) in [7, 11) is 0. The summed E-state index contributed by atoms with van der Waals surface area (Å²) < 4.78 is 26.9. The van der Waals surface area contributed by atoms with E-state index in [0.29, 0.717) is 18.0 Å². The van der Waals surface area contributed by atoms with Crippen LogP contribution in [-0.4, -0.2) is 29.6 Å². The third kappa shape index (κ3) is 3.59. The average Bonchev–Trinajstić information content (AvgIpc) is 3.07. The van der Waals surface area contributed by atoms with Crippen LogP contribution < -0.4 is 5.32 Å². The normalized spacial score (nSPS) is 15.4. The van der Waals surface area contributed by atoms with Crippen LogP contribution in [0.3, 0.4) is 0 Å². The zero-order chi connectivity index (χ0) is 17.1. The third-order valence-corrected chi connectivity index (χ3v) is 4.35. The standard InChI is InChI=1S/C18H18F2N2O2/c19-13-1-2-15(20)14(9-13)18(24)12-8-16(22-10-12)17(23)7-11-3-5-21-6-4-11/h1-2,8-11,21-22H,3-7H2. The van der Waals surface area contributed by atoms with E-state index in [2.05, 4.69) is 10.3 Å². The first kappa shape index (κ1) is 16.5. The van der Waals surface area contributed by atoms with Gasteiger partial charge in [-0.25, -0.2) is 8.78 Å². The van der Waals surface area contributed by atoms with Gasteiger partial charge in [0.25, 0.3) is 0 Å². The maximum absolute atomic E-state index is 13.7. The van der Waals surface area contributed by atoms with Crippen molar-refractivity contribution in [2.45, 2.75) is 19.3 Å². The van der Waals surface area contributed by atoms with E-state index in [1.54, 1.807) is 0 Å². The molecule has 1 aliphatic rings. The fourth-order valence-electron chi connectivity index (χ4n) is 2.97. The van der Waals surface area contributed by atoms with Crippen LogP contribution in [0.15, 0.2) is 30.5 Å². The molecule has 0 amide bonds. The number of H-pyrrole nitrogens is 1. The Bertz CT molecular complexity index is 764. The quantitative estimate of drug-likeness (QED) is 0.827. The molecule has 0 atom stereocenters. The lowest BCUT2D eigenvalue weighted by atomic mass is 9.92. The van der Waals surface area contributed by atoms with Crippen molar-refractivity contribution in [3.63, 3.8) is 0 Å². The highest BCUT2D eigenvalue weighted by molar-refractivity contribution is 6.10. The van der Waals surface area contributed by atoms with Crippen molar-refractivity contribution < 1.29 is 18.4 Å². The lowest BCUT2D eigenvalue weighted by molar-refractivity contribution is 0.0948. The van der Waals surface area contributed by atoms with Gasteiger partial charge in [-0.15, -0.1) is 0 Å². The zero-order valence-corrected chi connectivity index (χ0v) is 13.1. The van der Waals surface area contributed by atoms with E-state index >= 15 is 0 Å². The summed E-state index contributed by atoms with van der Waals surface area (Å²) in [6.45, 7) is 1.82. The number of aromatic amines is 1. The molecule has 0 spiro atoms. The maximum atomic E-state index is 13.7. The molecule has 2 aromatic rings. The Morgan fingerprint density at radius 3 is 2.62 bits per heavy atom. The summed E-state index contributed by atoms with van der Waals surface area (Å²) in [6, 6.07) is 4.15. The molecule has 1 saturated heterocycles. The van der Waals surface area contributed by atoms with Crippen molar-refractivity contribution in [3.05, 3.63) is 58.9 Å². The van der Waals surface area contributed by atoms with Crippen molar-refractivity contribution in [1.29, 1.82) is 0 Å². The number of carbonyl (C=O) groups is 2. The van der Waals surface area contributed by atoms with Crippen LogP contribution in [0.5, 0.6) is 0 Å². The fraction of sp³-hybridized carbons (Fsp3) is 0.333. The first-order valence-electron chi connectivity index (χ1n) is 7.96. The first-order valence-corrected chi connectivity index (χ1v) is 7.96. The number of nitrogens with one attached hydrogen (secondary N) is 2. The van der Waals surface area contributed by atoms with Crippen LogP contribution >= 0.6 is 0 Å². The summed E-state index contributed by atoms with van der Waals surface area (Å²) in [4.78, 5) is 27.4. The van der Waals surface area contributed by atoms with Gasteiger partial charge in [0, 0.05) is 18.2 Å². The molecular weight excluding hydrogens is 314 g/mol. The van der Waals surface area contributed by atoms with E-state index in [1.807, 2.05) is 0 Å². The lowest BCUT2D eigenvalue weighted by Gasteiger charge is -2.21. The Kier molecular flexibility index (Phi) is 4.85. The molecule has 3 rings (SSSR count). The second-order valence-corrected chi connectivity index (χ2v) is 6.08. The van der Waals surface area contributed by atoms with Gasteiger partial charge in [-0.05, 0) is 56.1 Å². The van der Waals surface area contributed by atoms with Crippen LogP contribution in [0.2, 0.25) is 0 Å². The van der Waals surface area contributed by atoms with E-state index in [9.17, 15) is 18.4 Å². The molecule has 0 saturated carbocycles. The highest BCUT2D eigenvalue weighted by atomic mass is 19.1. The zero-order valence-electron chi connectivity index (χ0n) is 13.1. The summed E-state index contributed by atoms with van der Waals surface area (Å²) in [6.07, 6.45) is 3.69. The van der Waals surface area contributed by atoms with Crippen molar-refractivity contribution in [1.82, 2.24) is 10.3 Å². The second-order valence-electron chi connectivity index (χ2n) is 6.08. The molecule has 1 fully saturated rings. The van der Waals surface area contributed by atoms with Gasteiger partial charge in [0.05, 0.1) is 11.3 Å². The summed E-state index contributed by atoms with van der Waals surface area (Å²) in [5.74, 6) is -1.85. The molecular formula is C18H18F2N2O2. The number of carbonyl (C=O) groups excluding carboxylic acids is 2. The van der Waals surface area contributed by atoms with Crippen molar-refractivity contribution >= 4 is 11.6 Å². The fourth-order valence-corrected chi connectivity index (χ4v) is 2.97. The van der Waals surface area contributed by atoms with E-state index in [0.717, 1.165) is 44.1 Å². The Balaban J connectivity index is 1.73. The molecule has 0 bridgehead atoms. The summed E-state index contributed by atoms with van der Waals surface area (Å²) in [5.41, 5.74) is 0.133. The largest absolute Gasteiger partial charge is 0.358 e. The molecule has 0 radical (unpaired) electrons. The number of ketones is 2. The molecule has 126 valence electrons. The molecule has 1 aliphatic heterocycles. The summed E-state index contributed by atoms with van der Waals surface area (Å²) >= 11 is 0. The predicted molar refractivity (Wildman–Crippen MR) is 85.1 cm³/mol. The molecule has 2 N–H and O–H groups in total. The molecule has 2 heterocycles. The molecule has 4 nitrogen and oxygen atoms in total. The monoisotopic (exact) mass is 332 g/mol. The van der Waals surface area contributed by atoms with Gasteiger partial charge in [0.2, 0.25) is 0 Å². The number of benzene rings is 1. The number of hydrogen-bond donors (Lipinski definition) is 2. The number of halogens is 2. The van der Waals surface area contributed by atoms with Crippen LogP contribution in [0.1, 0.15) is 45.7 Å². The van der Waals surface area contributed by atoms with Crippen molar-refractivity contribution in [2.24, 2.45) is 5.92 Å². The van der Waals surface area contributed by atoms with Gasteiger partial charge in [0.1, 0.15) is 11.6 Å². The Hall–Kier alpha value is -2.34. The molecule has 6 heteroatoms. The highest BCUT2D eigenvalue weighted by Gasteiger charge is 2.21. The summed E-state index contributed by atoms with van der Waals surface area (Å²) in [5, 5.41) is 3.24. The maximum Gasteiger partial charge on any atom is 0.197 e. The van der Waals surface area contributed by atoms with Crippen LogP contribution in [-0.2, 0) is 0 Å². The third-order valence-electron chi connectivity index (χ3n) is 4.35. The van der Waals surface area contributed by atoms with Gasteiger partial charge < -0.3 is 10.3 Å². The highest BCUT2D eigenvalue weighted by Crippen LogP contribution is 2.20. The second kappa shape index (κ2) is 7.05. The average molecular weight is 332 g/mol. The Morgan fingerprint density at radius 1 is 1.12 bits per heavy atom. The SMILES string of the molecule is O=C(CC1CCNCC1)c1cc(C(=O)c2cc(F)ccc2F)c[nH]1. The predicted octanol–water partition coefficient (Wildman–Crippen LogP) is 3.10. The molecule has 1 aromatic heterocycles. The molecule has 24 heavy (non-hydrogen) atoms. The number of aromatic nitrogens is 1. The van der Waals surface area contributed by atoms with Crippen LogP contribution in [0.25, 0.3) is 0 Å². The van der Waals surface area contributed by atoms with Gasteiger partial charge in [-0.1, -0.05) is 0 Å². The minimum atomic E-state index is -0.787. The number of piperidine rings is 1. The van der Waals surface area contributed by atoms with Crippen molar-refractivity contribution in [2.75, 3.05) is 13.1 Å². The van der Waals surface area contributed by atoms with Gasteiger partial charge in [-0.3, -0.25) is 9.59 Å².